The molecule has 1 radical (unpaired) electrons. The van der Waals surface area contributed by atoms with Gasteiger partial charge in [-0.25, -0.2) is 0 Å². The van der Waals surface area contributed by atoms with E-state index < -0.39 is 0 Å². The van der Waals surface area contributed by atoms with Gasteiger partial charge in [0, 0.05) is 53.8 Å². The van der Waals surface area contributed by atoms with Crippen molar-refractivity contribution in [2.45, 2.75) is 13.4 Å². The van der Waals surface area contributed by atoms with Gasteiger partial charge in [-0.05, 0) is 6.61 Å². The Hall–Kier alpha value is 1.04. The Morgan fingerprint density at radius 1 is 1.58 bits per heavy atom. The molecule has 2 rings (SSSR count). The Morgan fingerprint density at radius 3 is 3.00 bits per heavy atom. The van der Waals surface area contributed by atoms with E-state index in [0.29, 0.717) is 0 Å². The van der Waals surface area contributed by atoms with Gasteiger partial charge >= 0.3 is 0 Å². The molecule has 0 bridgehead atoms. The van der Waals surface area contributed by atoms with Gasteiger partial charge in [0.05, 0.1) is 0 Å². The van der Waals surface area contributed by atoms with Crippen LogP contribution in [-0.2, 0) is 65.0 Å². The van der Waals surface area contributed by atoms with Gasteiger partial charge in [-0.1, -0.05) is 6.82 Å². The Balaban J connectivity index is 0.000000605. The maximum absolute atomic E-state index is 5.37. The van der Waals surface area contributed by atoms with Gasteiger partial charge in [0.1, 0.15) is 0 Å². The molecule has 0 spiro atoms. The zero-order chi connectivity index (χ0) is 6.97. The fourth-order valence-corrected chi connectivity index (χ4v) is 1.23. The van der Waals surface area contributed by atoms with Gasteiger partial charge in [0.2, 0.25) is 0 Å². The van der Waals surface area contributed by atoms with E-state index in [-0.39, 0.29) is 60.7 Å². The molecule has 1 aromatic rings. The molecular formula is C8H7BOWY-2. The summed E-state index contributed by atoms with van der Waals surface area (Å²) >= 11 is 0. The molecule has 1 nitrogen and oxygen atoms in total. The maximum atomic E-state index is 5.37. The average molecular weight is 403 g/mol. The first-order chi connectivity index (χ1) is 4.88. The third kappa shape index (κ3) is 2.51. The summed E-state index contributed by atoms with van der Waals surface area (Å²) in [7, 11) is 0. The summed E-state index contributed by atoms with van der Waals surface area (Å²) in [4.78, 5) is 0. The topological polar surface area (TPSA) is 9.23 Å². The Kier molecular flexibility index (Phi) is 6.19. The van der Waals surface area contributed by atoms with Gasteiger partial charge in [-0.3, -0.25) is 17.1 Å². The van der Waals surface area contributed by atoms with Crippen molar-refractivity contribution in [3.05, 3.63) is 29.8 Å². The minimum atomic E-state index is 0. The molecule has 1 aliphatic heterocycles. The summed E-state index contributed by atoms with van der Waals surface area (Å²) in [6.45, 7) is 3.00. The quantitative estimate of drug-likeness (QED) is 0.457. The zero-order valence-electron chi connectivity index (χ0n) is 6.83. The Labute approximate surface area is 113 Å². The van der Waals surface area contributed by atoms with Crippen LogP contribution in [0, 0.1) is 12.1 Å². The summed E-state index contributed by atoms with van der Waals surface area (Å²) in [5.41, 5.74) is 2.42. The van der Waals surface area contributed by atoms with Gasteiger partial charge in [-0.2, -0.15) is 0 Å². The van der Waals surface area contributed by atoms with Crippen molar-refractivity contribution in [1.29, 1.82) is 0 Å². The number of rotatable bonds is 0. The molecule has 1 heterocycles. The number of hydrogen-bond donors (Lipinski definition) is 0. The van der Waals surface area contributed by atoms with Gasteiger partial charge in [0.15, 0.2) is 0 Å². The van der Waals surface area contributed by atoms with E-state index in [9.17, 15) is 0 Å². The molecule has 0 atom stereocenters. The molecule has 4 heteroatoms. The van der Waals surface area contributed by atoms with Crippen LogP contribution in [-0.4, -0.2) is 6.92 Å². The smallest absolute Gasteiger partial charge is 0.273 e. The summed E-state index contributed by atoms with van der Waals surface area (Å²) in [5.74, 6) is 0. The summed E-state index contributed by atoms with van der Waals surface area (Å²) < 4.78 is 5.37. The molecular weight excluding hydrogens is 396 g/mol. The number of fused-ring (bicyclic) bond motifs is 1. The predicted octanol–water partition coefficient (Wildman–Crippen LogP) is 0.640. The SMILES string of the molecule is CB1OCc2c[c-]c[c-]c21.[W].[Y]. The summed E-state index contributed by atoms with van der Waals surface area (Å²) in [5, 5.41) is 0. The van der Waals surface area contributed by atoms with E-state index in [1.165, 1.54) is 11.0 Å². The largest absolute Gasteiger partial charge is 0.453 e. The molecule has 0 aliphatic carbocycles. The second kappa shape index (κ2) is 5.70. The Bertz CT molecular complexity index is 257. The first-order valence-electron chi connectivity index (χ1n) is 3.40. The third-order valence-electron chi connectivity index (χ3n) is 1.81. The van der Waals surface area contributed by atoms with Crippen molar-refractivity contribution in [2.24, 2.45) is 0 Å². The fourth-order valence-electron chi connectivity index (χ4n) is 1.23. The second-order valence-corrected chi connectivity index (χ2v) is 2.49. The number of hydrogen-bond acceptors (Lipinski definition) is 1. The van der Waals surface area contributed by atoms with E-state index in [0.717, 1.165) is 6.61 Å². The molecule has 0 N–H and O–H groups in total. The fraction of sp³-hybridized carbons (Fsp3) is 0.250. The maximum Gasteiger partial charge on any atom is 0.273 e. The first-order valence-corrected chi connectivity index (χ1v) is 3.40. The van der Waals surface area contributed by atoms with Crippen LogP contribution >= 0.6 is 0 Å². The molecule has 0 amide bonds. The van der Waals surface area contributed by atoms with E-state index in [1.54, 1.807) is 0 Å². The van der Waals surface area contributed by atoms with E-state index in [1.807, 2.05) is 19.0 Å². The van der Waals surface area contributed by atoms with Crippen molar-refractivity contribution in [2.75, 3.05) is 0 Å². The van der Waals surface area contributed by atoms with Gasteiger partial charge in [0.25, 0.3) is 6.92 Å². The normalized spacial score (nSPS) is 12.9. The van der Waals surface area contributed by atoms with Crippen molar-refractivity contribution >= 4 is 12.4 Å². The second-order valence-electron chi connectivity index (χ2n) is 2.49. The molecule has 0 unspecified atom stereocenters. The predicted molar refractivity (Wildman–Crippen MR) is 40.2 cm³/mol. The molecule has 1 aromatic carbocycles. The summed E-state index contributed by atoms with van der Waals surface area (Å²) in [6.07, 6.45) is 0. The van der Waals surface area contributed by atoms with Crippen LogP contribution in [0.5, 0.6) is 0 Å². The van der Waals surface area contributed by atoms with Gasteiger partial charge in [-0.15, -0.1) is 0 Å². The van der Waals surface area contributed by atoms with Crippen molar-refractivity contribution in [3.63, 3.8) is 0 Å². The van der Waals surface area contributed by atoms with Crippen LogP contribution in [0.4, 0.5) is 0 Å². The van der Waals surface area contributed by atoms with Crippen LogP contribution < -0.4 is 5.46 Å². The van der Waals surface area contributed by atoms with Crippen molar-refractivity contribution in [1.82, 2.24) is 0 Å². The molecule has 59 valence electrons. The molecule has 12 heavy (non-hydrogen) atoms. The van der Waals surface area contributed by atoms with Gasteiger partial charge < -0.3 is 22.9 Å². The third-order valence-corrected chi connectivity index (χ3v) is 1.81. The van der Waals surface area contributed by atoms with Crippen LogP contribution in [0.15, 0.2) is 12.1 Å². The van der Waals surface area contributed by atoms with Crippen LogP contribution in [0.1, 0.15) is 5.56 Å². The Morgan fingerprint density at radius 2 is 2.33 bits per heavy atom. The first kappa shape index (κ1) is 13.0. The molecule has 0 saturated heterocycles. The van der Waals surface area contributed by atoms with E-state index in [2.05, 4.69) is 12.1 Å². The van der Waals surface area contributed by atoms with Crippen LogP contribution in [0.3, 0.4) is 0 Å². The van der Waals surface area contributed by atoms with Crippen molar-refractivity contribution in [3.8, 4) is 0 Å². The molecule has 0 aromatic heterocycles. The zero-order valence-corrected chi connectivity index (χ0v) is 12.6. The average Bonchev–Trinajstić information content (AvgIpc) is 2.34. The molecule has 1 aliphatic rings. The van der Waals surface area contributed by atoms with Crippen molar-refractivity contribution < 1.29 is 58.4 Å². The van der Waals surface area contributed by atoms with E-state index >= 15 is 0 Å². The molecule has 0 fully saturated rings. The van der Waals surface area contributed by atoms with Crippen LogP contribution in [0.25, 0.3) is 0 Å². The minimum absolute atomic E-state index is 0. The minimum Gasteiger partial charge on any atom is -0.453 e. The monoisotopic (exact) mass is 403 g/mol. The van der Waals surface area contributed by atoms with E-state index in [4.69, 9.17) is 4.65 Å². The van der Waals surface area contributed by atoms with Crippen LogP contribution in [0.2, 0.25) is 6.82 Å². The number of benzene rings is 1. The summed E-state index contributed by atoms with van der Waals surface area (Å²) in [6, 6.07) is 9.87. The standard InChI is InChI=1S/C8H7BO.W.Y/c1-9-8-5-3-2-4-7(8)6-10-9;;/h3-4H,6H2,1H3;;/q-2;;. The molecule has 0 saturated carbocycles.